The zero-order chi connectivity index (χ0) is 12.5. The van der Waals surface area contributed by atoms with Gasteiger partial charge < -0.3 is 5.32 Å². The van der Waals surface area contributed by atoms with E-state index in [9.17, 15) is 10.1 Å². The highest BCUT2D eigenvalue weighted by atomic mass is 16.6. The molecule has 1 aliphatic rings. The van der Waals surface area contributed by atoms with Gasteiger partial charge in [-0.3, -0.25) is 10.1 Å². The van der Waals surface area contributed by atoms with Crippen molar-refractivity contribution in [2.45, 2.75) is 6.42 Å². The minimum absolute atomic E-state index is 0.126. The van der Waals surface area contributed by atoms with Gasteiger partial charge in [-0.1, -0.05) is 24.3 Å². The first-order valence-corrected chi connectivity index (χ1v) is 5.86. The van der Waals surface area contributed by atoms with Crippen LogP contribution in [0.4, 0.5) is 11.4 Å². The van der Waals surface area contributed by atoms with Crippen molar-refractivity contribution in [2.24, 2.45) is 0 Å². The van der Waals surface area contributed by atoms with Crippen LogP contribution < -0.4 is 5.32 Å². The Balaban J connectivity index is 2.04. The molecule has 2 aromatic rings. The molecule has 0 aliphatic carbocycles. The van der Waals surface area contributed by atoms with E-state index in [0.29, 0.717) is 0 Å². The van der Waals surface area contributed by atoms with Crippen LogP contribution >= 0.6 is 0 Å². The molecule has 0 saturated carbocycles. The Morgan fingerprint density at radius 3 is 2.78 bits per heavy atom. The quantitative estimate of drug-likeness (QED) is 0.647. The molecule has 4 nitrogen and oxygen atoms in total. The van der Waals surface area contributed by atoms with E-state index in [1.807, 2.05) is 12.1 Å². The maximum Gasteiger partial charge on any atom is 0.270 e. The van der Waals surface area contributed by atoms with Gasteiger partial charge in [0.2, 0.25) is 0 Å². The Kier molecular flexibility index (Phi) is 2.48. The average molecular weight is 240 g/mol. The summed E-state index contributed by atoms with van der Waals surface area (Å²) < 4.78 is 0. The van der Waals surface area contributed by atoms with Crippen LogP contribution in [-0.4, -0.2) is 11.5 Å². The minimum Gasteiger partial charge on any atom is -0.384 e. The van der Waals surface area contributed by atoms with Crippen LogP contribution in [0.1, 0.15) is 5.56 Å². The fourth-order valence-electron chi connectivity index (χ4n) is 2.27. The Bertz CT molecular complexity index is 623. The lowest BCUT2D eigenvalue weighted by molar-refractivity contribution is -0.384. The molecule has 1 N–H and O–H groups in total. The normalized spacial score (nSPS) is 12.9. The number of nitro benzene ring substituents is 1. The van der Waals surface area contributed by atoms with Gasteiger partial charge in [0.05, 0.1) is 4.92 Å². The Labute approximate surface area is 104 Å². The first kappa shape index (κ1) is 10.8. The molecule has 1 heterocycles. The molecule has 0 fully saturated rings. The molecule has 0 saturated heterocycles. The van der Waals surface area contributed by atoms with E-state index in [2.05, 4.69) is 17.4 Å². The highest BCUT2D eigenvalue weighted by Crippen LogP contribution is 2.30. The van der Waals surface area contributed by atoms with Gasteiger partial charge in [0.15, 0.2) is 0 Å². The van der Waals surface area contributed by atoms with E-state index in [4.69, 9.17) is 0 Å². The SMILES string of the molecule is O=[N+]([O-])c1cccc(-c2ccc3c(c2)NCC3)c1. The molecule has 0 amide bonds. The number of rotatable bonds is 2. The highest BCUT2D eigenvalue weighted by Gasteiger charge is 2.12. The monoisotopic (exact) mass is 240 g/mol. The van der Waals surface area contributed by atoms with E-state index in [1.165, 1.54) is 11.6 Å². The lowest BCUT2D eigenvalue weighted by Crippen LogP contribution is -1.91. The van der Waals surface area contributed by atoms with Crippen LogP contribution in [0.2, 0.25) is 0 Å². The third-order valence-corrected chi connectivity index (χ3v) is 3.21. The van der Waals surface area contributed by atoms with Crippen molar-refractivity contribution in [3.8, 4) is 11.1 Å². The smallest absolute Gasteiger partial charge is 0.270 e. The maximum absolute atomic E-state index is 10.8. The van der Waals surface area contributed by atoms with E-state index in [0.717, 1.165) is 29.8 Å². The first-order valence-electron chi connectivity index (χ1n) is 5.86. The summed E-state index contributed by atoms with van der Waals surface area (Å²) in [5.41, 5.74) is 4.46. The minimum atomic E-state index is -0.366. The van der Waals surface area contributed by atoms with Crippen LogP contribution in [0, 0.1) is 10.1 Å². The van der Waals surface area contributed by atoms with E-state index in [-0.39, 0.29) is 10.6 Å². The molecule has 0 spiro atoms. The second kappa shape index (κ2) is 4.14. The molecule has 0 unspecified atom stereocenters. The number of non-ortho nitro benzene ring substituents is 1. The summed E-state index contributed by atoms with van der Waals surface area (Å²) in [6, 6.07) is 12.9. The zero-order valence-corrected chi connectivity index (χ0v) is 9.72. The van der Waals surface area contributed by atoms with Crippen molar-refractivity contribution in [2.75, 3.05) is 11.9 Å². The summed E-state index contributed by atoms with van der Waals surface area (Å²) in [4.78, 5) is 10.4. The lowest BCUT2D eigenvalue weighted by atomic mass is 10.0. The zero-order valence-electron chi connectivity index (χ0n) is 9.72. The molecule has 2 aromatic carbocycles. The van der Waals surface area contributed by atoms with Crippen LogP contribution in [0.3, 0.4) is 0 Å². The topological polar surface area (TPSA) is 55.2 Å². The number of anilines is 1. The molecule has 0 aromatic heterocycles. The summed E-state index contributed by atoms with van der Waals surface area (Å²) in [6.07, 6.45) is 1.05. The van der Waals surface area contributed by atoms with E-state index in [1.54, 1.807) is 12.1 Å². The van der Waals surface area contributed by atoms with Gasteiger partial charge in [0, 0.05) is 24.4 Å². The molecule has 0 bridgehead atoms. The molecular weight excluding hydrogens is 228 g/mol. The van der Waals surface area contributed by atoms with Gasteiger partial charge in [-0.2, -0.15) is 0 Å². The predicted octanol–water partition coefficient (Wildman–Crippen LogP) is 3.23. The highest BCUT2D eigenvalue weighted by molar-refractivity contribution is 5.72. The fourth-order valence-corrected chi connectivity index (χ4v) is 2.27. The molecule has 90 valence electrons. The van der Waals surface area contributed by atoms with E-state index >= 15 is 0 Å². The number of benzene rings is 2. The second-order valence-electron chi connectivity index (χ2n) is 4.36. The third kappa shape index (κ3) is 1.82. The number of hydrogen-bond acceptors (Lipinski definition) is 3. The summed E-state index contributed by atoms with van der Waals surface area (Å²) >= 11 is 0. The predicted molar refractivity (Wildman–Crippen MR) is 70.7 cm³/mol. The summed E-state index contributed by atoms with van der Waals surface area (Å²) in [6.45, 7) is 0.966. The van der Waals surface area contributed by atoms with Crippen molar-refractivity contribution < 1.29 is 4.92 Å². The largest absolute Gasteiger partial charge is 0.384 e. The Morgan fingerprint density at radius 1 is 1.11 bits per heavy atom. The maximum atomic E-state index is 10.8. The molecule has 0 atom stereocenters. The number of nitrogens with one attached hydrogen (secondary N) is 1. The van der Waals surface area contributed by atoms with Crippen molar-refractivity contribution >= 4 is 11.4 Å². The molecule has 1 aliphatic heterocycles. The Morgan fingerprint density at radius 2 is 1.94 bits per heavy atom. The van der Waals surface area contributed by atoms with Crippen molar-refractivity contribution in [3.63, 3.8) is 0 Å². The average Bonchev–Trinajstić information content (AvgIpc) is 2.86. The number of hydrogen-bond donors (Lipinski definition) is 1. The van der Waals surface area contributed by atoms with Gasteiger partial charge in [0.25, 0.3) is 5.69 Å². The standard InChI is InChI=1S/C14H12N2O2/c17-16(18)13-3-1-2-11(8-13)12-5-4-10-6-7-15-14(10)9-12/h1-5,8-9,15H,6-7H2. The second-order valence-corrected chi connectivity index (χ2v) is 4.36. The molecule has 3 rings (SSSR count). The summed E-state index contributed by atoms with van der Waals surface area (Å²) in [5.74, 6) is 0. The Hall–Kier alpha value is -2.36. The molecule has 4 heteroatoms. The van der Waals surface area contributed by atoms with Crippen LogP contribution in [0.5, 0.6) is 0 Å². The van der Waals surface area contributed by atoms with Gasteiger partial charge >= 0.3 is 0 Å². The molecular formula is C14H12N2O2. The lowest BCUT2D eigenvalue weighted by Gasteiger charge is -2.05. The summed E-state index contributed by atoms with van der Waals surface area (Å²) in [7, 11) is 0. The van der Waals surface area contributed by atoms with Crippen LogP contribution in [0.15, 0.2) is 42.5 Å². The van der Waals surface area contributed by atoms with Crippen LogP contribution in [0.25, 0.3) is 11.1 Å². The van der Waals surface area contributed by atoms with Crippen molar-refractivity contribution in [1.29, 1.82) is 0 Å². The molecule has 0 radical (unpaired) electrons. The number of nitro groups is 1. The molecule has 18 heavy (non-hydrogen) atoms. The van der Waals surface area contributed by atoms with Gasteiger partial charge in [-0.15, -0.1) is 0 Å². The van der Waals surface area contributed by atoms with Crippen LogP contribution in [-0.2, 0) is 6.42 Å². The van der Waals surface area contributed by atoms with E-state index < -0.39 is 0 Å². The fraction of sp³-hybridized carbons (Fsp3) is 0.143. The van der Waals surface area contributed by atoms with Gasteiger partial charge in [-0.25, -0.2) is 0 Å². The van der Waals surface area contributed by atoms with Gasteiger partial charge in [0.1, 0.15) is 0 Å². The summed E-state index contributed by atoms with van der Waals surface area (Å²) in [5, 5.41) is 14.1. The van der Waals surface area contributed by atoms with Crippen molar-refractivity contribution in [1.82, 2.24) is 0 Å². The van der Waals surface area contributed by atoms with Gasteiger partial charge in [-0.05, 0) is 29.2 Å². The third-order valence-electron chi connectivity index (χ3n) is 3.21. The number of nitrogens with zero attached hydrogens (tertiary/aromatic N) is 1. The number of fused-ring (bicyclic) bond motifs is 1. The van der Waals surface area contributed by atoms with Crippen molar-refractivity contribution in [3.05, 3.63) is 58.1 Å². The first-order chi connectivity index (χ1) is 8.74.